The molecule has 0 spiro atoms. The molecule has 2 aromatic carbocycles. The van der Waals surface area contributed by atoms with Crippen LogP contribution in [0.3, 0.4) is 0 Å². The van der Waals surface area contributed by atoms with Crippen molar-refractivity contribution >= 4 is 29.4 Å². The van der Waals surface area contributed by atoms with E-state index in [1.165, 1.54) is 55.5 Å². The lowest BCUT2D eigenvalue weighted by Crippen LogP contribution is -2.45. The summed E-state index contributed by atoms with van der Waals surface area (Å²) in [6, 6.07) is 9.64. The van der Waals surface area contributed by atoms with Crippen molar-refractivity contribution in [1.82, 2.24) is 4.90 Å². The molecule has 2 aromatic rings. The predicted molar refractivity (Wildman–Crippen MR) is 124 cm³/mol. The summed E-state index contributed by atoms with van der Waals surface area (Å²) in [5.41, 5.74) is 0.887. The Labute approximate surface area is 197 Å². The largest absolute Gasteiger partial charge is 0.493 e. The number of carbonyl (C=O) groups excluding carboxylic acids is 4. The zero-order valence-electron chi connectivity index (χ0n) is 19.3. The van der Waals surface area contributed by atoms with Gasteiger partial charge in [-0.15, -0.1) is 6.58 Å². The monoisotopic (exact) mass is 466 g/mol. The maximum absolute atomic E-state index is 13.3. The van der Waals surface area contributed by atoms with Gasteiger partial charge in [-0.25, -0.2) is 9.69 Å². The fourth-order valence-corrected chi connectivity index (χ4v) is 3.72. The van der Waals surface area contributed by atoms with Crippen LogP contribution in [-0.2, 0) is 14.3 Å². The SMILES string of the molecule is C=CCN(C(=O)c1ccc(OC)c(OC)c1)C1CC(=O)N(c2ccc(C(=O)OCC)cc2)C1=O. The van der Waals surface area contributed by atoms with E-state index in [1.807, 2.05) is 0 Å². The lowest BCUT2D eigenvalue weighted by Gasteiger charge is -2.27. The summed E-state index contributed by atoms with van der Waals surface area (Å²) in [6.45, 7) is 5.68. The van der Waals surface area contributed by atoms with Crippen molar-refractivity contribution in [1.29, 1.82) is 0 Å². The molecule has 1 saturated heterocycles. The zero-order valence-corrected chi connectivity index (χ0v) is 19.3. The topological polar surface area (TPSA) is 102 Å². The minimum atomic E-state index is -1.00. The van der Waals surface area contributed by atoms with Crippen LogP contribution in [0, 0.1) is 0 Å². The van der Waals surface area contributed by atoms with Crippen LogP contribution in [-0.4, -0.2) is 62.0 Å². The van der Waals surface area contributed by atoms with Crippen molar-refractivity contribution in [3.05, 3.63) is 66.2 Å². The first-order valence-electron chi connectivity index (χ1n) is 10.6. The highest BCUT2D eigenvalue weighted by Crippen LogP contribution is 2.30. The lowest BCUT2D eigenvalue weighted by atomic mass is 10.1. The third-order valence-electron chi connectivity index (χ3n) is 5.35. The predicted octanol–water partition coefficient (Wildman–Crippen LogP) is 2.84. The minimum absolute atomic E-state index is 0.0620. The number of methoxy groups -OCH3 is 2. The Morgan fingerprint density at radius 1 is 1.06 bits per heavy atom. The molecule has 1 aliphatic rings. The minimum Gasteiger partial charge on any atom is -0.493 e. The number of anilines is 1. The molecule has 3 amide bonds. The molecule has 0 aliphatic carbocycles. The molecule has 178 valence electrons. The maximum atomic E-state index is 13.3. The summed E-state index contributed by atoms with van der Waals surface area (Å²) in [5.74, 6) is -1.12. The number of carbonyl (C=O) groups is 4. The molecule has 0 radical (unpaired) electrons. The van der Waals surface area contributed by atoms with E-state index in [0.717, 1.165) is 4.90 Å². The number of hydrogen-bond donors (Lipinski definition) is 0. The standard InChI is InChI=1S/C25H26N2O7/c1-5-13-26(23(29)17-9-12-20(32-3)21(14-17)33-4)19-15-22(28)27(24(19)30)18-10-7-16(8-11-18)25(31)34-6-2/h5,7-12,14,19H,1,6,13,15H2,2-4H3. The first-order chi connectivity index (χ1) is 16.4. The van der Waals surface area contributed by atoms with E-state index in [-0.39, 0.29) is 25.1 Å². The van der Waals surface area contributed by atoms with Gasteiger partial charge in [0.15, 0.2) is 11.5 Å². The molecule has 1 unspecified atom stereocenters. The van der Waals surface area contributed by atoms with Gasteiger partial charge in [0.25, 0.3) is 11.8 Å². The quantitative estimate of drug-likeness (QED) is 0.318. The number of benzene rings is 2. The molecule has 1 aliphatic heterocycles. The van der Waals surface area contributed by atoms with Gasteiger partial charge in [-0.1, -0.05) is 6.08 Å². The zero-order chi connectivity index (χ0) is 24.8. The molecule has 9 heteroatoms. The van der Waals surface area contributed by atoms with Crippen molar-refractivity contribution in [3.8, 4) is 11.5 Å². The molecule has 0 bridgehead atoms. The second-order valence-electron chi connectivity index (χ2n) is 7.37. The summed E-state index contributed by atoms with van der Waals surface area (Å²) < 4.78 is 15.4. The van der Waals surface area contributed by atoms with E-state index in [9.17, 15) is 19.2 Å². The second kappa shape index (κ2) is 10.7. The van der Waals surface area contributed by atoms with E-state index >= 15 is 0 Å². The van der Waals surface area contributed by atoms with Gasteiger partial charge in [-0.2, -0.15) is 0 Å². The first kappa shape index (κ1) is 24.5. The summed E-state index contributed by atoms with van der Waals surface area (Å²) in [6.07, 6.45) is 1.32. The number of amides is 3. The van der Waals surface area contributed by atoms with Gasteiger partial charge in [0.05, 0.1) is 38.5 Å². The highest BCUT2D eigenvalue weighted by Gasteiger charge is 2.44. The van der Waals surface area contributed by atoms with Crippen LogP contribution < -0.4 is 14.4 Å². The van der Waals surface area contributed by atoms with E-state index in [0.29, 0.717) is 22.7 Å². The van der Waals surface area contributed by atoms with E-state index in [4.69, 9.17) is 14.2 Å². The van der Waals surface area contributed by atoms with Gasteiger partial charge in [0.2, 0.25) is 5.91 Å². The van der Waals surface area contributed by atoms with Gasteiger partial charge < -0.3 is 19.1 Å². The Hall–Kier alpha value is -4.14. The Morgan fingerprint density at radius 2 is 1.71 bits per heavy atom. The molecule has 0 N–H and O–H groups in total. The van der Waals surface area contributed by atoms with Crippen LogP contribution in [0.5, 0.6) is 11.5 Å². The van der Waals surface area contributed by atoms with Crippen molar-refractivity contribution in [2.45, 2.75) is 19.4 Å². The molecule has 0 aromatic heterocycles. The maximum Gasteiger partial charge on any atom is 0.338 e. The third kappa shape index (κ3) is 4.78. The molecule has 1 fully saturated rings. The van der Waals surface area contributed by atoms with Crippen LogP contribution in [0.2, 0.25) is 0 Å². The molecule has 9 nitrogen and oxygen atoms in total. The first-order valence-corrected chi connectivity index (χ1v) is 10.6. The second-order valence-corrected chi connectivity index (χ2v) is 7.37. The van der Waals surface area contributed by atoms with Crippen LogP contribution >= 0.6 is 0 Å². The molecule has 1 heterocycles. The van der Waals surface area contributed by atoms with Crippen molar-refractivity contribution in [2.24, 2.45) is 0 Å². The molecule has 0 saturated carbocycles. The number of rotatable bonds is 9. The number of ether oxygens (including phenoxy) is 3. The molecule has 34 heavy (non-hydrogen) atoms. The number of imide groups is 1. The highest BCUT2D eigenvalue weighted by molar-refractivity contribution is 6.23. The molecular formula is C25H26N2O7. The van der Waals surface area contributed by atoms with Crippen LogP contribution in [0.25, 0.3) is 0 Å². The van der Waals surface area contributed by atoms with Crippen molar-refractivity contribution < 1.29 is 33.4 Å². The Morgan fingerprint density at radius 3 is 2.29 bits per heavy atom. The number of nitrogens with zero attached hydrogens (tertiary/aromatic N) is 2. The molecule has 3 rings (SSSR count). The van der Waals surface area contributed by atoms with Crippen LogP contribution in [0.4, 0.5) is 5.69 Å². The number of hydrogen-bond acceptors (Lipinski definition) is 7. The Bertz CT molecular complexity index is 1110. The number of esters is 1. The van der Waals surface area contributed by atoms with E-state index < -0.39 is 29.7 Å². The van der Waals surface area contributed by atoms with Crippen LogP contribution in [0.15, 0.2) is 55.1 Å². The van der Waals surface area contributed by atoms with Crippen LogP contribution in [0.1, 0.15) is 34.1 Å². The van der Waals surface area contributed by atoms with Crippen molar-refractivity contribution in [3.63, 3.8) is 0 Å². The third-order valence-corrected chi connectivity index (χ3v) is 5.35. The Kier molecular flexibility index (Phi) is 7.68. The fourth-order valence-electron chi connectivity index (χ4n) is 3.72. The Balaban J connectivity index is 1.87. The molecular weight excluding hydrogens is 440 g/mol. The summed E-state index contributed by atoms with van der Waals surface area (Å²) >= 11 is 0. The lowest BCUT2D eigenvalue weighted by molar-refractivity contribution is -0.122. The summed E-state index contributed by atoms with van der Waals surface area (Å²) in [4.78, 5) is 53.6. The van der Waals surface area contributed by atoms with Gasteiger partial charge in [0.1, 0.15) is 6.04 Å². The van der Waals surface area contributed by atoms with E-state index in [2.05, 4.69) is 6.58 Å². The molecule has 1 atom stereocenters. The fraction of sp³-hybridized carbons (Fsp3) is 0.280. The average Bonchev–Trinajstić information content (AvgIpc) is 3.15. The highest BCUT2D eigenvalue weighted by atomic mass is 16.5. The normalized spacial score (nSPS) is 15.1. The van der Waals surface area contributed by atoms with Gasteiger partial charge in [-0.3, -0.25) is 14.4 Å². The summed E-state index contributed by atoms with van der Waals surface area (Å²) in [7, 11) is 2.94. The van der Waals surface area contributed by atoms with Gasteiger partial charge in [0, 0.05) is 12.1 Å². The van der Waals surface area contributed by atoms with Gasteiger partial charge >= 0.3 is 5.97 Å². The van der Waals surface area contributed by atoms with E-state index in [1.54, 1.807) is 19.1 Å². The summed E-state index contributed by atoms with van der Waals surface area (Å²) in [5, 5.41) is 0. The van der Waals surface area contributed by atoms with Gasteiger partial charge in [-0.05, 0) is 49.4 Å². The smallest absolute Gasteiger partial charge is 0.338 e. The average molecular weight is 466 g/mol. The van der Waals surface area contributed by atoms with Crippen molar-refractivity contribution in [2.75, 3.05) is 32.3 Å².